The third kappa shape index (κ3) is 6.11. The molecule has 0 spiro atoms. The lowest BCUT2D eigenvalue weighted by Gasteiger charge is -2.23. The van der Waals surface area contributed by atoms with Gasteiger partial charge < -0.3 is 9.84 Å². The summed E-state index contributed by atoms with van der Waals surface area (Å²) in [6.45, 7) is 2.72. The Bertz CT molecular complexity index is 866. The van der Waals surface area contributed by atoms with E-state index >= 15 is 0 Å². The van der Waals surface area contributed by atoms with Crippen LogP contribution >= 0.6 is 15.9 Å². The fourth-order valence-electron chi connectivity index (χ4n) is 3.23. The summed E-state index contributed by atoms with van der Waals surface area (Å²) in [5.74, 6) is 0.699. The van der Waals surface area contributed by atoms with Gasteiger partial charge in [0.25, 0.3) is 0 Å². The average molecular weight is 440 g/mol. The van der Waals surface area contributed by atoms with Crippen molar-refractivity contribution in [3.63, 3.8) is 0 Å². The van der Waals surface area contributed by atoms with Crippen molar-refractivity contribution in [2.24, 2.45) is 0 Å². The maximum absolute atomic E-state index is 10.1. The summed E-state index contributed by atoms with van der Waals surface area (Å²) in [7, 11) is 1.57. The van der Waals surface area contributed by atoms with E-state index in [-0.39, 0.29) is 5.75 Å². The quantitative estimate of drug-likeness (QED) is 0.480. The molecule has 0 atom stereocenters. The SMILES string of the molecule is COc1ccc(CN(CCc2ccccc2)CCc2ccc(Br)cc2)cc1O. The molecule has 0 radical (unpaired) electrons. The van der Waals surface area contributed by atoms with Crippen LogP contribution in [0.25, 0.3) is 0 Å². The average Bonchev–Trinajstić information content (AvgIpc) is 2.72. The second kappa shape index (κ2) is 10.3. The fraction of sp³-hybridized carbons (Fsp3) is 0.250. The van der Waals surface area contributed by atoms with E-state index in [2.05, 4.69) is 75.4 Å². The van der Waals surface area contributed by atoms with Gasteiger partial charge in [-0.15, -0.1) is 0 Å². The normalized spacial score (nSPS) is 11.0. The zero-order valence-corrected chi connectivity index (χ0v) is 17.7. The van der Waals surface area contributed by atoms with Crippen LogP contribution in [0, 0.1) is 0 Å². The van der Waals surface area contributed by atoms with Gasteiger partial charge in [0.1, 0.15) is 0 Å². The minimum absolute atomic E-state index is 0.191. The number of phenolic OH excluding ortho intramolecular Hbond substituents is 1. The lowest BCUT2D eigenvalue weighted by molar-refractivity contribution is 0.271. The molecule has 3 rings (SSSR count). The fourth-order valence-corrected chi connectivity index (χ4v) is 3.50. The van der Waals surface area contributed by atoms with Crippen molar-refractivity contribution in [2.45, 2.75) is 19.4 Å². The molecule has 0 fully saturated rings. The molecule has 4 heteroatoms. The first-order valence-electron chi connectivity index (χ1n) is 9.50. The molecule has 0 amide bonds. The second-order valence-corrected chi connectivity index (χ2v) is 7.81. The maximum atomic E-state index is 10.1. The van der Waals surface area contributed by atoms with Gasteiger partial charge in [-0.3, -0.25) is 4.90 Å². The molecule has 0 heterocycles. The maximum Gasteiger partial charge on any atom is 0.160 e. The summed E-state index contributed by atoms with van der Waals surface area (Å²) >= 11 is 3.49. The molecule has 3 aromatic rings. The number of ether oxygens (including phenoxy) is 1. The van der Waals surface area contributed by atoms with Gasteiger partial charge in [-0.1, -0.05) is 64.5 Å². The molecule has 0 bridgehead atoms. The number of hydrogen-bond acceptors (Lipinski definition) is 3. The molecule has 0 saturated carbocycles. The Labute approximate surface area is 175 Å². The van der Waals surface area contributed by atoms with E-state index in [1.165, 1.54) is 11.1 Å². The van der Waals surface area contributed by atoms with Crippen LogP contribution < -0.4 is 4.74 Å². The van der Waals surface area contributed by atoms with Crippen LogP contribution in [0.5, 0.6) is 11.5 Å². The van der Waals surface area contributed by atoms with Gasteiger partial charge in [0.2, 0.25) is 0 Å². The zero-order valence-electron chi connectivity index (χ0n) is 16.1. The Morgan fingerprint density at radius 1 is 0.821 bits per heavy atom. The summed E-state index contributed by atoms with van der Waals surface area (Å²) in [5, 5.41) is 10.1. The van der Waals surface area contributed by atoms with Crippen molar-refractivity contribution in [2.75, 3.05) is 20.2 Å². The topological polar surface area (TPSA) is 32.7 Å². The number of rotatable bonds is 9. The number of phenols is 1. The summed E-state index contributed by atoms with van der Waals surface area (Å²) in [4.78, 5) is 2.44. The molecular formula is C24H26BrNO2. The van der Waals surface area contributed by atoms with Gasteiger partial charge in [0, 0.05) is 24.1 Å². The van der Waals surface area contributed by atoms with E-state index in [4.69, 9.17) is 4.74 Å². The smallest absolute Gasteiger partial charge is 0.160 e. The third-order valence-electron chi connectivity index (χ3n) is 4.84. The van der Waals surface area contributed by atoms with E-state index in [0.29, 0.717) is 5.75 Å². The van der Waals surface area contributed by atoms with E-state index in [1.54, 1.807) is 13.2 Å². The van der Waals surface area contributed by atoms with Gasteiger partial charge in [0.15, 0.2) is 11.5 Å². The van der Waals surface area contributed by atoms with Crippen molar-refractivity contribution >= 4 is 15.9 Å². The Morgan fingerprint density at radius 2 is 1.43 bits per heavy atom. The predicted molar refractivity (Wildman–Crippen MR) is 118 cm³/mol. The number of hydrogen-bond donors (Lipinski definition) is 1. The van der Waals surface area contributed by atoms with Crippen molar-refractivity contribution in [3.05, 3.63) is 94.0 Å². The minimum atomic E-state index is 0.191. The molecule has 0 saturated heterocycles. The number of halogens is 1. The van der Waals surface area contributed by atoms with Crippen molar-refractivity contribution in [1.29, 1.82) is 0 Å². The molecule has 0 aliphatic heterocycles. The van der Waals surface area contributed by atoms with Gasteiger partial charge in [0.05, 0.1) is 7.11 Å². The lowest BCUT2D eigenvalue weighted by atomic mass is 10.1. The standard InChI is InChI=1S/C24H26BrNO2/c1-28-24-12-9-21(17-23(24)27)18-26(15-13-19-5-3-2-4-6-19)16-14-20-7-10-22(25)11-8-20/h2-12,17,27H,13-16,18H2,1H3. The molecule has 0 aromatic heterocycles. The van der Waals surface area contributed by atoms with Gasteiger partial charge in [-0.25, -0.2) is 0 Å². The molecule has 28 heavy (non-hydrogen) atoms. The third-order valence-corrected chi connectivity index (χ3v) is 5.37. The van der Waals surface area contributed by atoms with Crippen LogP contribution in [0.2, 0.25) is 0 Å². The zero-order chi connectivity index (χ0) is 19.8. The van der Waals surface area contributed by atoms with Crippen LogP contribution in [0.4, 0.5) is 0 Å². The highest BCUT2D eigenvalue weighted by Crippen LogP contribution is 2.27. The Hall–Kier alpha value is -2.30. The molecule has 1 N–H and O–H groups in total. The van der Waals surface area contributed by atoms with Crippen LogP contribution in [-0.2, 0) is 19.4 Å². The molecule has 146 valence electrons. The first kappa shape index (κ1) is 20.4. The van der Waals surface area contributed by atoms with Crippen molar-refractivity contribution in [3.8, 4) is 11.5 Å². The highest BCUT2D eigenvalue weighted by molar-refractivity contribution is 9.10. The molecular weight excluding hydrogens is 414 g/mol. The molecule has 3 nitrogen and oxygen atoms in total. The number of nitrogens with zero attached hydrogens (tertiary/aromatic N) is 1. The van der Waals surface area contributed by atoms with E-state index in [1.807, 2.05) is 12.1 Å². The largest absolute Gasteiger partial charge is 0.504 e. The summed E-state index contributed by atoms with van der Waals surface area (Å²) < 4.78 is 6.26. The molecule has 0 aliphatic carbocycles. The summed E-state index contributed by atoms with van der Waals surface area (Å²) in [6, 6.07) is 24.7. The first-order chi connectivity index (χ1) is 13.6. The minimum Gasteiger partial charge on any atom is -0.504 e. The highest BCUT2D eigenvalue weighted by atomic mass is 79.9. The van der Waals surface area contributed by atoms with Gasteiger partial charge in [-0.05, 0) is 53.8 Å². The molecule has 3 aromatic carbocycles. The van der Waals surface area contributed by atoms with E-state index < -0.39 is 0 Å². The number of aromatic hydroxyl groups is 1. The van der Waals surface area contributed by atoms with E-state index in [0.717, 1.165) is 42.5 Å². The van der Waals surface area contributed by atoms with Crippen LogP contribution in [0.1, 0.15) is 16.7 Å². The van der Waals surface area contributed by atoms with Crippen LogP contribution in [-0.4, -0.2) is 30.2 Å². The van der Waals surface area contributed by atoms with Gasteiger partial charge >= 0.3 is 0 Å². The second-order valence-electron chi connectivity index (χ2n) is 6.89. The lowest BCUT2D eigenvalue weighted by Crippen LogP contribution is -2.28. The number of methoxy groups -OCH3 is 1. The highest BCUT2D eigenvalue weighted by Gasteiger charge is 2.10. The Balaban J connectivity index is 1.67. The van der Waals surface area contributed by atoms with Crippen LogP contribution in [0.3, 0.4) is 0 Å². The summed E-state index contributed by atoms with van der Waals surface area (Å²) in [5.41, 5.74) is 3.75. The number of benzene rings is 3. The van der Waals surface area contributed by atoms with Crippen molar-refractivity contribution < 1.29 is 9.84 Å². The van der Waals surface area contributed by atoms with Crippen molar-refractivity contribution in [1.82, 2.24) is 4.90 Å². The molecule has 0 unspecified atom stereocenters. The Kier molecular flexibility index (Phi) is 7.52. The molecule has 0 aliphatic rings. The van der Waals surface area contributed by atoms with E-state index in [9.17, 15) is 5.11 Å². The predicted octanol–water partition coefficient (Wildman–Crippen LogP) is 5.45. The Morgan fingerprint density at radius 3 is 2.04 bits per heavy atom. The summed E-state index contributed by atoms with van der Waals surface area (Å²) in [6.07, 6.45) is 1.99. The van der Waals surface area contributed by atoms with Crippen LogP contribution in [0.15, 0.2) is 77.3 Å². The van der Waals surface area contributed by atoms with Gasteiger partial charge in [-0.2, -0.15) is 0 Å². The first-order valence-corrected chi connectivity index (χ1v) is 10.3. The monoisotopic (exact) mass is 439 g/mol.